The van der Waals surface area contributed by atoms with Gasteiger partial charge in [-0.15, -0.1) is 0 Å². The highest BCUT2D eigenvalue weighted by molar-refractivity contribution is 9.10. The van der Waals surface area contributed by atoms with E-state index < -0.39 is 0 Å². The van der Waals surface area contributed by atoms with Crippen LogP contribution in [0.5, 0.6) is 0 Å². The number of nitrogens with one attached hydrogen (secondary N) is 1. The van der Waals surface area contributed by atoms with Crippen molar-refractivity contribution in [3.63, 3.8) is 0 Å². The molecule has 0 heterocycles. The molecule has 0 aromatic heterocycles. The summed E-state index contributed by atoms with van der Waals surface area (Å²) in [5.41, 5.74) is 0.926. The molecule has 0 radical (unpaired) electrons. The van der Waals surface area contributed by atoms with Crippen LogP contribution in [0, 0.1) is 11.3 Å². The minimum absolute atomic E-state index is 0.291. The second kappa shape index (κ2) is 6.56. The molecule has 2 rings (SSSR count). The highest BCUT2D eigenvalue weighted by Crippen LogP contribution is 2.28. The number of nitriles is 1. The third-order valence-corrected chi connectivity index (χ3v) is 4.36. The quantitative estimate of drug-likeness (QED) is 0.881. The van der Waals surface area contributed by atoms with Gasteiger partial charge >= 0.3 is 0 Å². The van der Waals surface area contributed by atoms with Crippen molar-refractivity contribution in [2.24, 2.45) is 0 Å². The summed E-state index contributed by atoms with van der Waals surface area (Å²) >= 11 is 9.49. The van der Waals surface area contributed by atoms with Gasteiger partial charge in [-0.2, -0.15) is 5.26 Å². The van der Waals surface area contributed by atoms with Crippen molar-refractivity contribution in [1.29, 1.82) is 5.26 Å². The topological polar surface area (TPSA) is 35.8 Å². The summed E-state index contributed by atoms with van der Waals surface area (Å²) in [6.07, 6.45) is 6.15. The van der Waals surface area contributed by atoms with Crippen molar-refractivity contribution >= 4 is 27.5 Å². The lowest BCUT2D eigenvalue weighted by Crippen LogP contribution is -2.34. The first-order chi connectivity index (χ1) is 8.70. The molecule has 1 saturated carbocycles. The van der Waals surface area contributed by atoms with Crippen molar-refractivity contribution < 1.29 is 0 Å². The second-order valence-corrected chi connectivity index (χ2v) is 6.02. The van der Waals surface area contributed by atoms with Gasteiger partial charge in [0.1, 0.15) is 6.04 Å². The largest absolute Gasteiger partial charge is 0.295 e. The van der Waals surface area contributed by atoms with Crippen LogP contribution in [-0.2, 0) is 0 Å². The number of hydrogen-bond acceptors (Lipinski definition) is 2. The van der Waals surface area contributed by atoms with Crippen molar-refractivity contribution in [2.75, 3.05) is 0 Å². The van der Waals surface area contributed by atoms with Crippen LogP contribution in [0.25, 0.3) is 0 Å². The van der Waals surface area contributed by atoms with E-state index in [-0.39, 0.29) is 6.04 Å². The van der Waals surface area contributed by atoms with Gasteiger partial charge in [-0.05, 0) is 36.6 Å². The lowest BCUT2D eigenvalue weighted by Gasteiger charge is -2.26. The molecule has 1 atom stereocenters. The standard InChI is InChI=1S/C14H16BrClN2/c15-13-7-6-10(16)8-12(13)14(9-17)18-11-4-2-1-3-5-11/h6-8,11,14,18H,1-5H2. The fourth-order valence-electron chi connectivity index (χ4n) is 2.44. The van der Waals surface area contributed by atoms with Gasteiger partial charge in [0.15, 0.2) is 0 Å². The van der Waals surface area contributed by atoms with E-state index >= 15 is 0 Å². The lowest BCUT2D eigenvalue weighted by molar-refractivity contribution is 0.359. The summed E-state index contributed by atoms with van der Waals surface area (Å²) in [5.74, 6) is 0. The van der Waals surface area contributed by atoms with Crippen molar-refractivity contribution in [3.8, 4) is 6.07 Å². The average molecular weight is 328 g/mol. The molecule has 1 N–H and O–H groups in total. The molecular formula is C14H16BrClN2. The van der Waals surface area contributed by atoms with E-state index in [1.807, 2.05) is 18.2 Å². The van der Waals surface area contributed by atoms with Crippen LogP contribution < -0.4 is 5.32 Å². The van der Waals surface area contributed by atoms with E-state index in [0.717, 1.165) is 22.9 Å². The molecule has 1 aliphatic rings. The van der Waals surface area contributed by atoms with Crippen LogP contribution in [0.3, 0.4) is 0 Å². The molecule has 1 aliphatic carbocycles. The van der Waals surface area contributed by atoms with Gasteiger partial charge in [-0.3, -0.25) is 5.32 Å². The predicted octanol–water partition coefficient (Wildman–Crippen LogP) is 4.59. The fourth-order valence-corrected chi connectivity index (χ4v) is 3.09. The number of benzene rings is 1. The Morgan fingerprint density at radius 3 is 2.72 bits per heavy atom. The van der Waals surface area contributed by atoms with Crippen molar-refractivity contribution in [2.45, 2.75) is 44.2 Å². The summed E-state index contributed by atoms with van der Waals surface area (Å²) in [7, 11) is 0. The SMILES string of the molecule is N#CC(NC1CCCCC1)c1cc(Cl)ccc1Br. The third kappa shape index (κ3) is 3.47. The van der Waals surface area contributed by atoms with Gasteiger partial charge < -0.3 is 0 Å². The first-order valence-corrected chi connectivity index (χ1v) is 7.48. The van der Waals surface area contributed by atoms with E-state index in [9.17, 15) is 5.26 Å². The minimum atomic E-state index is -0.291. The highest BCUT2D eigenvalue weighted by atomic mass is 79.9. The maximum absolute atomic E-state index is 9.35. The molecule has 1 aromatic rings. The van der Waals surface area contributed by atoms with E-state index in [2.05, 4.69) is 27.3 Å². The summed E-state index contributed by atoms with van der Waals surface area (Å²) in [6, 6.07) is 8.07. The summed E-state index contributed by atoms with van der Waals surface area (Å²) in [5, 5.41) is 13.5. The summed E-state index contributed by atoms with van der Waals surface area (Å²) < 4.78 is 0.932. The molecule has 0 spiro atoms. The molecule has 96 valence electrons. The molecule has 4 heteroatoms. The van der Waals surface area contributed by atoms with Crippen LogP contribution in [0.2, 0.25) is 5.02 Å². The number of rotatable bonds is 3. The molecule has 1 unspecified atom stereocenters. The maximum atomic E-state index is 9.35. The number of nitrogens with zero attached hydrogens (tertiary/aromatic N) is 1. The molecule has 2 nitrogen and oxygen atoms in total. The zero-order valence-electron chi connectivity index (χ0n) is 10.1. The molecule has 0 bridgehead atoms. The molecule has 18 heavy (non-hydrogen) atoms. The van der Waals surface area contributed by atoms with Gasteiger partial charge in [-0.1, -0.05) is 46.8 Å². The first kappa shape index (κ1) is 13.9. The van der Waals surface area contributed by atoms with Gasteiger partial charge in [0.2, 0.25) is 0 Å². The fraction of sp³-hybridized carbons (Fsp3) is 0.500. The Morgan fingerprint density at radius 1 is 1.33 bits per heavy atom. The molecule has 0 amide bonds. The van der Waals surface area contributed by atoms with E-state index in [1.165, 1.54) is 19.3 Å². The molecule has 0 saturated heterocycles. The number of hydrogen-bond donors (Lipinski definition) is 1. The number of halogens is 2. The molecule has 0 aliphatic heterocycles. The van der Waals surface area contributed by atoms with Gasteiger partial charge in [-0.25, -0.2) is 0 Å². The summed E-state index contributed by atoms with van der Waals surface area (Å²) in [4.78, 5) is 0. The molecule has 1 aromatic carbocycles. The third-order valence-electron chi connectivity index (χ3n) is 3.41. The second-order valence-electron chi connectivity index (χ2n) is 4.73. The van der Waals surface area contributed by atoms with E-state index in [1.54, 1.807) is 0 Å². The van der Waals surface area contributed by atoms with Gasteiger partial charge in [0.05, 0.1) is 6.07 Å². The molecule has 1 fully saturated rings. The van der Waals surface area contributed by atoms with Crippen LogP contribution >= 0.6 is 27.5 Å². The Labute approximate surface area is 121 Å². The minimum Gasteiger partial charge on any atom is -0.295 e. The van der Waals surface area contributed by atoms with Gasteiger partial charge in [0.25, 0.3) is 0 Å². The van der Waals surface area contributed by atoms with Crippen LogP contribution in [0.15, 0.2) is 22.7 Å². The van der Waals surface area contributed by atoms with E-state index in [0.29, 0.717) is 11.1 Å². The van der Waals surface area contributed by atoms with Crippen LogP contribution in [0.1, 0.15) is 43.7 Å². The average Bonchev–Trinajstić information content (AvgIpc) is 2.40. The van der Waals surface area contributed by atoms with Crippen molar-refractivity contribution in [3.05, 3.63) is 33.3 Å². The van der Waals surface area contributed by atoms with Crippen LogP contribution in [0.4, 0.5) is 0 Å². The normalized spacial score (nSPS) is 18.3. The molecular weight excluding hydrogens is 312 g/mol. The predicted molar refractivity (Wildman–Crippen MR) is 77.5 cm³/mol. The Bertz CT molecular complexity index is 450. The maximum Gasteiger partial charge on any atom is 0.122 e. The Hall–Kier alpha value is -0.560. The monoisotopic (exact) mass is 326 g/mol. The van der Waals surface area contributed by atoms with Gasteiger partial charge in [0, 0.05) is 15.5 Å². The van der Waals surface area contributed by atoms with Crippen LogP contribution in [-0.4, -0.2) is 6.04 Å². The Kier molecular flexibility index (Phi) is 5.05. The highest BCUT2D eigenvalue weighted by Gasteiger charge is 2.20. The first-order valence-electron chi connectivity index (χ1n) is 6.31. The summed E-state index contributed by atoms with van der Waals surface area (Å²) in [6.45, 7) is 0. The Balaban J connectivity index is 2.12. The zero-order valence-corrected chi connectivity index (χ0v) is 12.5. The lowest BCUT2D eigenvalue weighted by atomic mass is 9.94. The van der Waals surface area contributed by atoms with E-state index in [4.69, 9.17) is 11.6 Å². The van der Waals surface area contributed by atoms with Crippen molar-refractivity contribution in [1.82, 2.24) is 5.32 Å². The Morgan fingerprint density at radius 2 is 2.06 bits per heavy atom. The smallest absolute Gasteiger partial charge is 0.122 e. The zero-order chi connectivity index (χ0) is 13.0.